The molecule has 4 nitrogen and oxygen atoms in total. The summed E-state index contributed by atoms with van der Waals surface area (Å²) in [4.78, 5) is 20.8. The Morgan fingerprint density at radius 2 is 1.83 bits per heavy atom. The van der Waals surface area contributed by atoms with E-state index in [0.29, 0.717) is 6.42 Å². The van der Waals surface area contributed by atoms with Crippen LogP contribution in [0.25, 0.3) is 0 Å². The molecule has 0 saturated heterocycles. The molecule has 0 aliphatic heterocycles. The van der Waals surface area contributed by atoms with Crippen LogP contribution in [0.1, 0.15) is 73.1 Å². The van der Waals surface area contributed by atoms with Crippen LogP contribution < -0.4 is 0 Å². The summed E-state index contributed by atoms with van der Waals surface area (Å²) in [7, 11) is 0. The van der Waals surface area contributed by atoms with Gasteiger partial charge in [-0.2, -0.15) is 4.89 Å². The maximum atomic E-state index is 11.3. The van der Waals surface area contributed by atoms with Crippen LogP contribution >= 0.6 is 0 Å². The smallest absolute Gasteiger partial charge is 0.269 e. The van der Waals surface area contributed by atoms with Crippen LogP contribution in [0, 0.1) is 5.92 Å². The van der Waals surface area contributed by atoms with Crippen LogP contribution in [0.4, 0.5) is 0 Å². The molecule has 108 valence electrons. The molecule has 0 radical (unpaired) electrons. The van der Waals surface area contributed by atoms with Crippen molar-refractivity contribution in [2.24, 2.45) is 5.92 Å². The molecule has 0 aliphatic carbocycles. The van der Waals surface area contributed by atoms with Gasteiger partial charge in [0.1, 0.15) is 5.60 Å². The highest BCUT2D eigenvalue weighted by atomic mass is 17.5. The first-order chi connectivity index (χ1) is 8.37. The van der Waals surface area contributed by atoms with Crippen molar-refractivity contribution in [1.29, 1.82) is 0 Å². The summed E-state index contributed by atoms with van der Waals surface area (Å²) in [5, 5.41) is 4.50. The zero-order valence-corrected chi connectivity index (χ0v) is 12.5. The molecule has 0 aromatic carbocycles. The average molecular weight is 260 g/mol. The van der Waals surface area contributed by atoms with E-state index in [-0.39, 0.29) is 5.97 Å². The zero-order chi connectivity index (χ0) is 14.0. The molecule has 0 amide bonds. The fraction of sp³-hybridized carbons (Fsp3) is 0.929. The predicted molar refractivity (Wildman–Crippen MR) is 70.6 cm³/mol. The van der Waals surface area contributed by atoms with Gasteiger partial charge in [-0.3, -0.25) is 4.89 Å². The molecule has 0 rings (SSSR count). The van der Waals surface area contributed by atoms with Crippen LogP contribution in [-0.2, 0) is 19.6 Å². The first-order valence-electron chi connectivity index (χ1n) is 6.92. The van der Waals surface area contributed by atoms with Crippen molar-refractivity contribution in [1.82, 2.24) is 0 Å². The van der Waals surface area contributed by atoms with Gasteiger partial charge >= 0.3 is 5.97 Å². The SMILES string of the molecule is CCC(C)(C)OOOC(=O)CCCCCC(C)C. The maximum absolute atomic E-state index is 11.3. The third kappa shape index (κ3) is 10.5. The minimum Gasteiger partial charge on any atom is -0.269 e. The second kappa shape index (κ2) is 9.34. The monoisotopic (exact) mass is 260 g/mol. The molecule has 0 aliphatic rings. The van der Waals surface area contributed by atoms with Gasteiger partial charge in [-0.1, -0.05) is 40.0 Å². The van der Waals surface area contributed by atoms with Crippen LogP contribution in [0.15, 0.2) is 0 Å². The summed E-state index contributed by atoms with van der Waals surface area (Å²) in [5.74, 6) is 0.358. The molecule has 4 heteroatoms. The predicted octanol–water partition coefficient (Wildman–Crippen LogP) is 4.19. The Bertz CT molecular complexity index is 224. The van der Waals surface area contributed by atoms with Gasteiger partial charge in [0.25, 0.3) is 0 Å². The van der Waals surface area contributed by atoms with Gasteiger partial charge in [0.2, 0.25) is 0 Å². The lowest BCUT2D eigenvalue weighted by atomic mass is 10.0. The number of hydrogen-bond donors (Lipinski definition) is 0. The topological polar surface area (TPSA) is 44.8 Å². The molecular weight excluding hydrogens is 232 g/mol. The van der Waals surface area contributed by atoms with Gasteiger partial charge in [-0.15, -0.1) is 0 Å². The molecular formula is C14H28O4. The summed E-state index contributed by atoms with van der Waals surface area (Å²) in [5.41, 5.74) is -0.433. The molecule has 0 saturated carbocycles. The van der Waals surface area contributed by atoms with E-state index in [4.69, 9.17) is 4.89 Å². The lowest BCUT2D eigenvalue weighted by Gasteiger charge is -2.19. The fourth-order valence-corrected chi connectivity index (χ4v) is 1.25. The molecule has 0 spiro atoms. The molecule has 0 fully saturated rings. The first-order valence-corrected chi connectivity index (χ1v) is 6.92. The van der Waals surface area contributed by atoms with Crippen LogP contribution in [0.3, 0.4) is 0 Å². The molecule has 18 heavy (non-hydrogen) atoms. The molecule has 0 N–H and O–H groups in total. The van der Waals surface area contributed by atoms with Crippen molar-refractivity contribution in [3.05, 3.63) is 0 Å². The highest BCUT2D eigenvalue weighted by molar-refractivity contribution is 5.68. The van der Waals surface area contributed by atoms with Gasteiger partial charge in [-0.05, 0) is 37.6 Å². The third-order valence-corrected chi connectivity index (χ3v) is 2.90. The lowest BCUT2D eigenvalue weighted by Crippen LogP contribution is -2.24. The van der Waals surface area contributed by atoms with E-state index in [1.807, 2.05) is 20.8 Å². The molecule has 0 heterocycles. The van der Waals surface area contributed by atoms with Gasteiger partial charge < -0.3 is 0 Å². The number of carbonyl (C=O) groups excluding carboxylic acids is 1. The Morgan fingerprint density at radius 3 is 2.39 bits per heavy atom. The Morgan fingerprint density at radius 1 is 1.17 bits per heavy atom. The molecule has 0 atom stereocenters. The quantitative estimate of drug-likeness (QED) is 0.335. The van der Waals surface area contributed by atoms with Gasteiger partial charge in [0.15, 0.2) is 0 Å². The summed E-state index contributed by atoms with van der Waals surface area (Å²) < 4.78 is 0. The van der Waals surface area contributed by atoms with Crippen LogP contribution in [0.2, 0.25) is 0 Å². The number of rotatable bonds is 10. The summed E-state index contributed by atoms with van der Waals surface area (Å²) in [6, 6.07) is 0. The average Bonchev–Trinajstić information content (AvgIpc) is 2.28. The van der Waals surface area contributed by atoms with E-state index >= 15 is 0 Å². The van der Waals surface area contributed by atoms with Gasteiger partial charge in [0.05, 0.1) is 0 Å². The minimum absolute atomic E-state index is 0.369. The van der Waals surface area contributed by atoms with E-state index in [0.717, 1.165) is 31.6 Å². The van der Waals surface area contributed by atoms with E-state index < -0.39 is 5.60 Å². The summed E-state index contributed by atoms with van der Waals surface area (Å²) in [6.45, 7) is 10.1. The maximum Gasteiger partial charge on any atom is 0.345 e. The Labute approximate surface area is 111 Å². The van der Waals surface area contributed by atoms with Crippen molar-refractivity contribution in [2.45, 2.75) is 78.7 Å². The van der Waals surface area contributed by atoms with E-state index in [9.17, 15) is 4.79 Å². The van der Waals surface area contributed by atoms with Crippen molar-refractivity contribution in [2.75, 3.05) is 0 Å². The first kappa shape index (κ1) is 17.4. The van der Waals surface area contributed by atoms with Crippen molar-refractivity contribution in [3.8, 4) is 0 Å². The molecule has 0 unspecified atom stereocenters. The summed E-state index contributed by atoms with van der Waals surface area (Å²) >= 11 is 0. The van der Waals surface area contributed by atoms with Gasteiger partial charge in [0, 0.05) is 6.42 Å². The Balaban J connectivity index is 3.44. The number of carbonyl (C=O) groups is 1. The molecule has 0 aromatic rings. The van der Waals surface area contributed by atoms with Crippen molar-refractivity contribution >= 4 is 5.97 Å². The fourth-order valence-electron chi connectivity index (χ4n) is 1.25. The second-order valence-corrected chi connectivity index (χ2v) is 5.71. The normalized spacial score (nSPS) is 11.9. The highest BCUT2D eigenvalue weighted by Gasteiger charge is 2.18. The van der Waals surface area contributed by atoms with Crippen molar-refractivity contribution < 1.29 is 19.6 Å². The van der Waals surface area contributed by atoms with Crippen LogP contribution in [-0.4, -0.2) is 11.6 Å². The largest absolute Gasteiger partial charge is 0.345 e. The Kier molecular flexibility index (Phi) is 9.02. The van der Waals surface area contributed by atoms with E-state index in [1.54, 1.807) is 0 Å². The summed E-state index contributed by atoms with van der Waals surface area (Å²) in [6.07, 6.45) is 5.42. The van der Waals surface area contributed by atoms with E-state index in [1.165, 1.54) is 6.42 Å². The molecule has 0 aromatic heterocycles. The third-order valence-electron chi connectivity index (χ3n) is 2.90. The minimum atomic E-state index is -0.433. The van der Waals surface area contributed by atoms with E-state index in [2.05, 4.69) is 23.8 Å². The molecule has 0 bridgehead atoms. The standard InChI is InChI=1S/C14H28O4/c1-6-14(4,5)17-18-16-13(15)11-9-7-8-10-12(2)3/h12H,6-11H2,1-5H3. The van der Waals surface area contributed by atoms with Crippen molar-refractivity contribution in [3.63, 3.8) is 0 Å². The second-order valence-electron chi connectivity index (χ2n) is 5.71. The Hall–Kier alpha value is -0.610. The van der Waals surface area contributed by atoms with Gasteiger partial charge in [-0.25, -0.2) is 4.79 Å². The number of hydrogen-bond acceptors (Lipinski definition) is 4. The van der Waals surface area contributed by atoms with Crippen LogP contribution in [0.5, 0.6) is 0 Å². The highest BCUT2D eigenvalue weighted by Crippen LogP contribution is 2.14. The lowest BCUT2D eigenvalue weighted by molar-refractivity contribution is -0.517. The number of unbranched alkanes of at least 4 members (excludes halogenated alkanes) is 2. The zero-order valence-electron chi connectivity index (χ0n) is 12.5.